The number of allylic oxidation sites excluding steroid dienone is 6. The second-order valence-corrected chi connectivity index (χ2v) is 18.5. The van der Waals surface area contributed by atoms with E-state index in [1.165, 1.54) is 199 Å². The Morgan fingerprint density at radius 1 is 0.355 bits per heavy atom. The van der Waals surface area contributed by atoms with Crippen LogP contribution in [0.4, 0.5) is 0 Å². The molecule has 5 heteroatoms. The molecular formula is C57H106O5. The fourth-order valence-electron chi connectivity index (χ4n) is 7.99. The lowest BCUT2D eigenvalue weighted by molar-refractivity contribution is -0.163. The Bertz CT molecular complexity index is 986. The van der Waals surface area contributed by atoms with E-state index >= 15 is 0 Å². The van der Waals surface area contributed by atoms with Crippen molar-refractivity contribution in [1.29, 1.82) is 0 Å². The first-order valence-corrected chi connectivity index (χ1v) is 27.5. The van der Waals surface area contributed by atoms with Crippen LogP contribution in [-0.2, 0) is 23.8 Å². The third kappa shape index (κ3) is 50.8. The highest BCUT2D eigenvalue weighted by Crippen LogP contribution is 2.16. The van der Waals surface area contributed by atoms with Gasteiger partial charge in [0.2, 0.25) is 0 Å². The zero-order valence-electron chi connectivity index (χ0n) is 41.9. The van der Waals surface area contributed by atoms with Gasteiger partial charge in [-0.2, -0.15) is 0 Å². The van der Waals surface area contributed by atoms with Gasteiger partial charge in [-0.25, -0.2) is 0 Å². The minimum atomic E-state index is -0.537. The van der Waals surface area contributed by atoms with Crippen molar-refractivity contribution < 1.29 is 23.8 Å². The molecule has 0 aromatic rings. The van der Waals surface area contributed by atoms with Gasteiger partial charge in [0.05, 0.1) is 6.61 Å². The Kier molecular flexibility index (Phi) is 51.8. The molecule has 0 aliphatic heterocycles. The minimum absolute atomic E-state index is 0.0860. The summed E-state index contributed by atoms with van der Waals surface area (Å²) < 4.78 is 17.4. The van der Waals surface area contributed by atoms with E-state index in [2.05, 4.69) is 57.2 Å². The maximum atomic E-state index is 12.8. The summed E-state index contributed by atoms with van der Waals surface area (Å²) >= 11 is 0. The molecule has 0 bridgehead atoms. The van der Waals surface area contributed by atoms with Crippen molar-refractivity contribution in [2.24, 2.45) is 0 Å². The first-order valence-electron chi connectivity index (χ1n) is 27.5. The zero-order chi connectivity index (χ0) is 44.9. The van der Waals surface area contributed by atoms with E-state index in [4.69, 9.17) is 14.2 Å². The summed E-state index contributed by atoms with van der Waals surface area (Å²) in [4.78, 5) is 25.4. The van der Waals surface area contributed by atoms with Crippen LogP contribution in [0.15, 0.2) is 36.5 Å². The van der Waals surface area contributed by atoms with Crippen LogP contribution in [-0.4, -0.2) is 37.9 Å². The molecule has 0 fully saturated rings. The third-order valence-electron chi connectivity index (χ3n) is 12.1. The Hall–Kier alpha value is -1.88. The summed E-state index contributed by atoms with van der Waals surface area (Å²) in [6, 6.07) is 0. The van der Waals surface area contributed by atoms with Gasteiger partial charge in [-0.15, -0.1) is 0 Å². The predicted molar refractivity (Wildman–Crippen MR) is 270 cm³/mol. The lowest BCUT2D eigenvalue weighted by atomic mass is 10.0. The summed E-state index contributed by atoms with van der Waals surface area (Å²) in [7, 11) is 0. The number of esters is 2. The van der Waals surface area contributed by atoms with Crippen molar-refractivity contribution >= 4 is 11.9 Å². The molecule has 0 rings (SSSR count). The van der Waals surface area contributed by atoms with E-state index in [-0.39, 0.29) is 25.2 Å². The average molecular weight is 871 g/mol. The number of rotatable bonds is 51. The van der Waals surface area contributed by atoms with E-state index in [0.29, 0.717) is 19.4 Å². The van der Waals surface area contributed by atoms with E-state index in [9.17, 15) is 9.59 Å². The molecule has 0 aliphatic carbocycles. The van der Waals surface area contributed by atoms with Crippen LogP contribution in [0.3, 0.4) is 0 Å². The number of carbonyl (C=O) groups excluding carboxylic acids is 2. The van der Waals surface area contributed by atoms with Gasteiger partial charge in [0.25, 0.3) is 0 Å². The smallest absolute Gasteiger partial charge is 0.306 e. The third-order valence-corrected chi connectivity index (χ3v) is 12.1. The Morgan fingerprint density at radius 2 is 0.694 bits per heavy atom. The van der Waals surface area contributed by atoms with Crippen molar-refractivity contribution in [1.82, 2.24) is 0 Å². The van der Waals surface area contributed by atoms with Crippen molar-refractivity contribution in [2.75, 3.05) is 19.8 Å². The molecule has 0 amide bonds. The molecule has 0 aromatic heterocycles. The van der Waals surface area contributed by atoms with Crippen LogP contribution in [0.5, 0.6) is 0 Å². The molecule has 0 saturated carbocycles. The summed E-state index contributed by atoms with van der Waals surface area (Å²) in [5.41, 5.74) is 0. The van der Waals surface area contributed by atoms with Gasteiger partial charge in [0, 0.05) is 19.4 Å². The molecule has 0 heterocycles. The first-order chi connectivity index (χ1) is 30.6. The number of carbonyl (C=O) groups is 2. The standard InChI is InChI=1S/C57H106O5/c1-4-7-10-13-16-19-22-24-26-27-28-29-30-32-34-37-40-43-46-49-52-60-53-55(62-57(59)51-48-45-42-39-35-21-18-15-12-9-6-3)54-61-56(58)50-47-44-41-38-36-33-31-25-23-20-17-14-11-8-5-2/h15-16,18-19,24,26,55H,4-14,17,20-23,25,27-54H2,1-3H3/b18-15-,19-16-,26-24-. The molecule has 0 spiro atoms. The van der Waals surface area contributed by atoms with E-state index < -0.39 is 6.10 Å². The maximum absolute atomic E-state index is 12.8. The van der Waals surface area contributed by atoms with Gasteiger partial charge < -0.3 is 14.2 Å². The van der Waals surface area contributed by atoms with Crippen LogP contribution >= 0.6 is 0 Å². The van der Waals surface area contributed by atoms with Gasteiger partial charge in [-0.3, -0.25) is 9.59 Å². The van der Waals surface area contributed by atoms with Crippen LogP contribution in [0.1, 0.15) is 290 Å². The summed E-state index contributed by atoms with van der Waals surface area (Å²) in [5, 5.41) is 0. The quantitative estimate of drug-likeness (QED) is 0.0346. The zero-order valence-corrected chi connectivity index (χ0v) is 41.9. The lowest BCUT2D eigenvalue weighted by Crippen LogP contribution is -2.30. The molecule has 0 aromatic carbocycles. The molecule has 1 unspecified atom stereocenters. The van der Waals surface area contributed by atoms with Gasteiger partial charge in [0.15, 0.2) is 6.10 Å². The van der Waals surface area contributed by atoms with E-state index in [0.717, 1.165) is 57.8 Å². The second-order valence-electron chi connectivity index (χ2n) is 18.5. The van der Waals surface area contributed by atoms with Crippen molar-refractivity contribution in [2.45, 2.75) is 297 Å². The van der Waals surface area contributed by atoms with Gasteiger partial charge >= 0.3 is 11.9 Å². The van der Waals surface area contributed by atoms with Gasteiger partial charge in [0.1, 0.15) is 6.61 Å². The summed E-state index contributed by atoms with van der Waals surface area (Å²) in [5.74, 6) is -0.394. The first kappa shape index (κ1) is 60.1. The molecule has 0 aliphatic rings. The van der Waals surface area contributed by atoms with Gasteiger partial charge in [-0.1, -0.05) is 243 Å². The molecule has 1 atom stereocenters. The number of hydrogen-bond donors (Lipinski definition) is 0. The molecule has 5 nitrogen and oxygen atoms in total. The highest BCUT2D eigenvalue weighted by atomic mass is 16.6. The predicted octanol–water partition coefficient (Wildman–Crippen LogP) is 18.6. The highest BCUT2D eigenvalue weighted by Gasteiger charge is 2.17. The molecule has 0 N–H and O–H groups in total. The SMILES string of the molecule is CCCC/C=C\CCCCCCCC(=O)OC(COCCCCCCCCCCCC/C=C\C/C=C\CCCCC)COC(=O)CCCCCCCCCCCCCCCCC. The number of ether oxygens (including phenoxy) is 3. The minimum Gasteiger partial charge on any atom is -0.462 e. The van der Waals surface area contributed by atoms with Crippen molar-refractivity contribution in [3.8, 4) is 0 Å². The molecule has 0 radical (unpaired) electrons. The molecule has 62 heavy (non-hydrogen) atoms. The monoisotopic (exact) mass is 871 g/mol. The van der Waals surface area contributed by atoms with Gasteiger partial charge in [-0.05, 0) is 70.6 Å². The van der Waals surface area contributed by atoms with Crippen LogP contribution < -0.4 is 0 Å². The Morgan fingerprint density at radius 3 is 1.16 bits per heavy atom. The van der Waals surface area contributed by atoms with Crippen LogP contribution in [0.25, 0.3) is 0 Å². The number of unbranched alkanes of at least 4 members (excludes halogenated alkanes) is 34. The normalized spacial score (nSPS) is 12.4. The fraction of sp³-hybridized carbons (Fsp3) is 0.860. The van der Waals surface area contributed by atoms with Crippen molar-refractivity contribution in [3.63, 3.8) is 0 Å². The topological polar surface area (TPSA) is 61.8 Å². The Labute approximate surface area is 387 Å². The summed E-state index contributed by atoms with van der Waals surface area (Å²) in [6.07, 6.45) is 64.4. The highest BCUT2D eigenvalue weighted by molar-refractivity contribution is 5.70. The molecule has 364 valence electrons. The molecular weight excluding hydrogens is 765 g/mol. The van der Waals surface area contributed by atoms with Crippen LogP contribution in [0, 0.1) is 0 Å². The maximum Gasteiger partial charge on any atom is 0.306 e. The van der Waals surface area contributed by atoms with E-state index in [1.807, 2.05) is 0 Å². The fourth-order valence-corrected chi connectivity index (χ4v) is 7.99. The summed E-state index contributed by atoms with van der Waals surface area (Å²) in [6.45, 7) is 7.80. The van der Waals surface area contributed by atoms with E-state index in [1.54, 1.807) is 0 Å². The Balaban J connectivity index is 4.18. The largest absolute Gasteiger partial charge is 0.462 e. The van der Waals surface area contributed by atoms with Crippen LogP contribution in [0.2, 0.25) is 0 Å². The van der Waals surface area contributed by atoms with Crippen molar-refractivity contribution in [3.05, 3.63) is 36.5 Å². The average Bonchev–Trinajstić information content (AvgIpc) is 3.27. The second kappa shape index (κ2) is 53.5. The molecule has 0 saturated heterocycles. The number of hydrogen-bond acceptors (Lipinski definition) is 5. The lowest BCUT2D eigenvalue weighted by Gasteiger charge is -2.18.